The lowest BCUT2D eigenvalue weighted by molar-refractivity contribution is -0.671. The first-order chi connectivity index (χ1) is 9.49. The molecule has 0 spiro atoms. The lowest BCUT2D eigenvalue weighted by Crippen LogP contribution is -2.30. The first kappa shape index (κ1) is 14.5. The Hall–Kier alpha value is -1.86. The maximum atomic E-state index is 12.0. The quantitative estimate of drug-likeness (QED) is 0.637. The molecule has 0 atom stereocenters. The van der Waals surface area contributed by atoms with Crippen molar-refractivity contribution < 1.29 is 18.2 Å². The molecule has 7 heteroatoms. The van der Waals surface area contributed by atoms with Crippen LogP contribution in [0.15, 0.2) is 49.1 Å². The summed E-state index contributed by atoms with van der Waals surface area (Å²) in [7, 11) is -1.81. The van der Waals surface area contributed by atoms with Crippen LogP contribution in [0, 0.1) is 0 Å². The molecule has 1 N–H and O–H groups in total. The van der Waals surface area contributed by atoms with Gasteiger partial charge in [0.05, 0.1) is 25.0 Å². The molecular weight excluding hydrogens is 278 g/mol. The maximum absolute atomic E-state index is 12.0. The van der Waals surface area contributed by atoms with Crippen LogP contribution in [-0.2, 0) is 23.6 Å². The molecule has 0 aliphatic rings. The predicted molar refractivity (Wildman–Crippen MR) is 74.7 cm³/mol. The monoisotopic (exact) mass is 296 g/mol. The highest BCUT2D eigenvalue weighted by molar-refractivity contribution is 7.92. The van der Waals surface area contributed by atoms with Crippen LogP contribution in [0.5, 0.6) is 0 Å². The molecule has 0 unspecified atom stereocenters. The first-order valence-electron chi connectivity index (χ1n) is 6.27. The summed E-state index contributed by atoms with van der Waals surface area (Å²) >= 11 is 0. The van der Waals surface area contributed by atoms with Gasteiger partial charge in [-0.1, -0.05) is 18.2 Å². The van der Waals surface area contributed by atoms with Crippen molar-refractivity contribution in [2.45, 2.75) is 13.0 Å². The summed E-state index contributed by atoms with van der Waals surface area (Å²) < 4.78 is 28.1. The van der Waals surface area contributed by atoms with E-state index in [4.69, 9.17) is 0 Å². The number of imidazole rings is 1. The largest absolute Gasteiger partial charge is 0.274 e. The standard InChI is InChI=1S/C13H18N3O3S/c1-14-9-10-15(12-14)8-5-11-20(18,19)16(17)13-6-3-2-4-7-13/h2-4,6-7,9-10,12,17H,5,8,11H2,1H3/q+1. The summed E-state index contributed by atoms with van der Waals surface area (Å²) in [5, 5.41) is 9.78. The Balaban J connectivity index is 1.94. The fourth-order valence-corrected chi connectivity index (χ4v) is 2.98. The second-order valence-corrected chi connectivity index (χ2v) is 6.48. The van der Waals surface area contributed by atoms with Gasteiger partial charge in [0, 0.05) is 6.42 Å². The van der Waals surface area contributed by atoms with Crippen molar-refractivity contribution in [3.05, 3.63) is 49.1 Å². The Labute approximate surface area is 118 Å². The Morgan fingerprint density at radius 2 is 2.00 bits per heavy atom. The highest BCUT2D eigenvalue weighted by Crippen LogP contribution is 2.15. The number of para-hydroxylation sites is 1. The average Bonchev–Trinajstić information content (AvgIpc) is 2.84. The zero-order chi connectivity index (χ0) is 14.6. The van der Waals surface area contributed by atoms with Crippen LogP contribution in [0.1, 0.15) is 6.42 Å². The minimum Gasteiger partial charge on any atom is -0.274 e. The molecular formula is C13H18N3O3S+. The zero-order valence-electron chi connectivity index (χ0n) is 11.3. The lowest BCUT2D eigenvalue weighted by Gasteiger charge is -2.16. The summed E-state index contributed by atoms with van der Waals surface area (Å²) in [6.45, 7) is 0.586. The Bertz CT molecular complexity index is 653. The molecule has 0 saturated carbocycles. The van der Waals surface area contributed by atoms with Crippen LogP contribution in [0.25, 0.3) is 0 Å². The SMILES string of the molecule is C[n+]1ccn(CCCS(=O)(=O)N(O)c2ccccc2)c1. The van der Waals surface area contributed by atoms with Crippen LogP contribution in [0.2, 0.25) is 0 Å². The van der Waals surface area contributed by atoms with E-state index in [1.165, 1.54) is 0 Å². The first-order valence-corrected chi connectivity index (χ1v) is 7.88. The molecule has 6 nitrogen and oxygen atoms in total. The van der Waals surface area contributed by atoms with Gasteiger partial charge in [0.15, 0.2) is 0 Å². The van der Waals surface area contributed by atoms with Crippen LogP contribution < -0.4 is 9.04 Å². The lowest BCUT2D eigenvalue weighted by atomic mass is 10.3. The number of hydrogen-bond donors (Lipinski definition) is 1. The zero-order valence-corrected chi connectivity index (χ0v) is 12.1. The summed E-state index contributed by atoms with van der Waals surface area (Å²) in [6, 6.07) is 8.20. The van der Waals surface area contributed by atoms with Crippen molar-refractivity contribution in [3.63, 3.8) is 0 Å². The third kappa shape index (κ3) is 3.58. The van der Waals surface area contributed by atoms with Gasteiger partial charge in [0.1, 0.15) is 12.4 Å². The third-order valence-corrected chi connectivity index (χ3v) is 4.43. The number of aromatic nitrogens is 2. The van der Waals surface area contributed by atoms with Crippen molar-refractivity contribution in [2.75, 3.05) is 10.2 Å². The molecule has 0 amide bonds. The van der Waals surface area contributed by atoms with Gasteiger partial charge in [-0.15, -0.1) is 4.47 Å². The van der Waals surface area contributed by atoms with Crippen LogP contribution in [-0.4, -0.2) is 23.9 Å². The van der Waals surface area contributed by atoms with Crippen LogP contribution >= 0.6 is 0 Å². The van der Waals surface area contributed by atoms with Crippen molar-refractivity contribution >= 4 is 15.7 Å². The minimum atomic E-state index is -3.71. The topological polar surface area (TPSA) is 66.4 Å². The van der Waals surface area contributed by atoms with Crippen molar-refractivity contribution in [2.24, 2.45) is 7.05 Å². The Morgan fingerprint density at radius 1 is 1.30 bits per heavy atom. The van der Waals surface area contributed by atoms with Gasteiger partial charge in [-0.25, -0.2) is 17.6 Å². The molecule has 2 aromatic rings. The Kier molecular flexibility index (Phi) is 4.41. The number of aryl methyl sites for hydroxylation is 2. The van der Waals surface area contributed by atoms with E-state index in [0.717, 1.165) is 0 Å². The number of nitrogens with zero attached hydrogens (tertiary/aromatic N) is 3. The van der Waals surface area contributed by atoms with Crippen LogP contribution in [0.4, 0.5) is 5.69 Å². The maximum Gasteiger partial charge on any atom is 0.257 e. The van der Waals surface area contributed by atoms with Gasteiger partial charge in [-0.05, 0) is 12.1 Å². The van der Waals surface area contributed by atoms with Gasteiger partial charge < -0.3 is 0 Å². The van der Waals surface area contributed by atoms with E-state index < -0.39 is 10.0 Å². The molecule has 20 heavy (non-hydrogen) atoms. The van der Waals surface area contributed by atoms with Crippen molar-refractivity contribution in [1.82, 2.24) is 4.57 Å². The van der Waals surface area contributed by atoms with E-state index in [1.807, 2.05) is 34.9 Å². The van der Waals surface area contributed by atoms with E-state index in [0.29, 0.717) is 17.4 Å². The number of sulfonamides is 1. The van der Waals surface area contributed by atoms with E-state index in [2.05, 4.69) is 0 Å². The second-order valence-electron chi connectivity index (χ2n) is 4.56. The van der Waals surface area contributed by atoms with E-state index >= 15 is 0 Å². The molecule has 2 rings (SSSR count). The molecule has 0 radical (unpaired) electrons. The van der Waals surface area contributed by atoms with E-state index in [-0.39, 0.29) is 11.4 Å². The minimum absolute atomic E-state index is 0.111. The fourth-order valence-electron chi connectivity index (χ4n) is 1.87. The van der Waals surface area contributed by atoms with Gasteiger partial charge >= 0.3 is 0 Å². The molecule has 0 fully saturated rings. The van der Waals surface area contributed by atoms with Gasteiger partial charge in [0.2, 0.25) is 6.33 Å². The molecule has 0 aliphatic carbocycles. The van der Waals surface area contributed by atoms with Gasteiger partial charge in [-0.3, -0.25) is 5.21 Å². The molecule has 0 aliphatic heterocycles. The normalized spacial score (nSPS) is 11.5. The number of rotatable bonds is 6. The average molecular weight is 296 g/mol. The van der Waals surface area contributed by atoms with E-state index in [9.17, 15) is 13.6 Å². The summed E-state index contributed by atoms with van der Waals surface area (Å²) in [6.07, 6.45) is 6.07. The summed E-state index contributed by atoms with van der Waals surface area (Å²) in [5.74, 6) is -0.111. The molecule has 1 heterocycles. The molecule has 1 aromatic carbocycles. The third-order valence-electron chi connectivity index (χ3n) is 2.88. The van der Waals surface area contributed by atoms with Crippen LogP contribution in [0.3, 0.4) is 0 Å². The summed E-state index contributed by atoms with van der Waals surface area (Å²) in [5.41, 5.74) is 0.250. The molecule has 0 bridgehead atoms. The number of benzene rings is 1. The second kappa shape index (κ2) is 6.06. The molecule has 0 saturated heterocycles. The van der Waals surface area contributed by atoms with Gasteiger partial charge in [-0.2, -0.15) is 0 Å². The predicted octanol–water partition coefficient (Wildman–Crippen LogP) is 0.928. The van der Waals surface area contributed by atoms with Gasteiger partial charge in [0.25, 0.3) is 10.0 Å². The summed E-state index contributed by atoms with van der Waals surface area (Å²) in [4.78, 5) is 0. The number of hydrogen-bond acceptors (Lipinski definition) is 3. The van der Waals surface area contributed by atoms with Crippen molar-refractivity contribution in [1.29, 1.82) is 0 Å². The number of anilines is 1. The highest BCUT2D eigenvalue weighted by atomic mass is 32.2. The smallest absolute Gasteiger partial charge is 0.257 e. The molecule has 1 aromatic heterocycles. The van der Waals surface area contributed by atoms with Crippen molar-refractivity contribution in [3.8, 4) is 0 Å². The van der Waals surface area contributed by atoms with E-state index in [1.54, 1.807) is 30.3 Å². The Morgan fingerprint density at radius 3 is 2.60 bits per heavy atom. The highest BCUT2D eigenvalue weighted by Gasteiger charge is 2.20. The molecule has 108 valence electrons. The fraction of sp³-hybridized carbons (Fsp3) is 0.308.